The first-order valence-corrected chi connectivity index (χ1v) is 10.1. The summed E-state index contributed by atoms with van der Waals surface area (Å²) in [6.45, 7) is 2.33. The standard InChI is InChI=1S/C20H40O3.Na/c1-2-3-4-5-6-7-8-9-10-11-12-13-14-15-16-17-20(22)23-19-18-21;/h21H,2-19H2,1H3;. The zero-order chi connectivity index (χ0) is 17.0. The monoisotopic (exact) mass is 351 g/mol. The van der Waals surface area contributed by atoms with Crippen LogP contribution in [0.5, 0.6) is 0 Å². The fraction of sp³-hybridized carbons (Fsp3) is 0.950. The predicted octanol–water partition coefficient (Wildman–Crippen LogP) is 5.40. The fourth-order valence-electron chi connectivity index (χ4n) is 2.87. The van der Waals surface area contributed by atoms with E-state index in [-0.39, 0.29) is 48.7 Å². The van der Waals surface area contributed by atoms with Crippen LogP contribution in [0.25, 0.3) is 0 Å². The Labute approximate surface area is 172 Å². The van der Waals surface area contributed by atoms with Crippen LogP contribution in [0.1, 0.15) is 110 Å². The van der Waals surface area contributed by atoms with Crippen LogP contribution in [-0.2, 0) is 9.53 Å². The summed E-state index contributed by atoms with van der Waals surface area (Å²) in [7, 11) is 0. The number of hydrogen-bond donors (Lipinski definition) is 1. The first-order chi connectivity index (χ1) is 11.3. The van der Waals surface area contributed by atoms with E-state index >= 15 is 0 Å². The van der Waals surface area contributed by atoms with Crippen molar-refractivity contribution in [1.82, 2.24) is 0 Å². The van der Waals surface area contributed by atoms with E-state index in [2.05, 4.69) is 6.92 Å². The Balaban J connectivity index is 0. The van der Waals surface area contributed by atoms with Gasteiger partial charge in [0.05, 0.1) is 6.61 Å². The van der Waals surface area contributed by atoms with Crippen LogP contribution in [0.4, 0.5) is 0 Å². The molecule has 0 atom stereocenters. The maximum atomic E-state index is 11.2. The largest absolute Gasteiger partial charge is 0.463 e. The Hall–Kier alpha value is 0.430. The van der Waals surface area contributed by atoms with E-state index in [4.69, 9.17) is 9.84 Å². The number of esters is 1. The molecule has 0 unspecified atom stereocenters. The van der Waals surface area contributed by atoms with Crippen molar-refractivity contribution >= 4 is 35.5 Å². The van der Waals surface area contributed by atoms with Crippen molar-refractivity contribution in [3.63, 3.8) is 0 Å². The van der Waals surface area contributed by atoms with E-state index < -0.39 is 0 Å². The van der Waals surface area contributed by atoms with Gasteiger partial charge in [-0.25, -0.2) is 0 Å². The van der Waals surface area contributed by atoms with Gasteiger partial charge in [0.1, 0.15) is 6.61 Å². The summed E-state index contributed by atoms with van der Waals surface area (Å²) < 4.78 is 4.82. The Morgan fingerprint density at radius 1 is 0.708 bits per heavy atom. The van der Waals surface area contributed by atoms with Gasteiger partial charge in [-0.1, -0.05) is 96.8 Å². The number of aliphatic hydroxyl groups is 1. The molecule has 0 aliphatic rings. The molecule has 1 N–H and O–H groups in total. The van der Waals surface area contributed by atoms with Gasteiger partial charge in [-0.2, -0.15) is 0 Å². The van der Waals surface area contributed by atoms with Crippen molar-refractivity contribution < 1.29 is 14.6 Å². The van der Waals surface area contributed by atoms with Gasteiger partial charge in [-0.3, -0.25) is 4.79 Å². The van der Waals surface area contributed by atoms with Crippen LogP contribution in [0.3, 0.4) is 0 Å². The van der Waals surface area contributed by atoms with Gasteiger partial charge in [0.2, 0.25) is 0 Å². The first kappa shape index (κ1) is 26.7. The Bertz CT molecular complexity index is 247. The summed E-state index contributed by atoms with van der Waals surface area (Å²) in [5, 5.41) is 8.54. The molecule has 24 heavy (non-hydrogen) atoms. The van der Waals surface area contributed by atoms with Gasteiger partial charge in [0.15, 0.2) is 0 Å². The summed E-state index contributed by atoms with van der Waals surface area (Å²) in [5.74, 6) is -0.172. The number of ether oxygens (including phenoxy) is 1. The molecule has 0 aromatic rings. The second-order valence-electron chi connectivity index (χ2n) is 6.64. The molecule has 3 nitrogen and oxygen atoms in total. The molecule has 0 aliphatic heterocycles. The van der Waals surface area contributed by atoms with Crippen molar-refractivity contribution in [1.29, 1.82) is 0 Å². The minimum absolute atomic E-state index is 0. The number of unbranched alkanes of at least 4 members (excludes halogenated alkanes) is 14. The SMILES string of the molecule is CCCCCCCCCCCCCCCCCC(=O)OCCO.[Na]. The molecule has 0 heterocycles. The van der Waals surface area contributed by atoms with Gasteiger partial charge >= 0.3 is 5.97 Å². The number of aliphatic hydroxyl groups excluding tert-OH is 1. The minimum atomic E-state index is -0.172. The third-order valence-electron chi connectivity index (χ3n) is 4.34. The molecule has 0 spiro atoms. The summed E-state index contributed by atoms with van der Waals surface area (Å²) in [6, 6.07) is 0. The van der Waals surface area contributed by atoms with Crippen LogP contribution in [0, 0.1) is 0 Å². The Morgan fingerprint density at radius 3 is 1.46 bits per heavy atom. The molecule has 0 rings (SSSR count). The molecular formula is C20H40NaO3. The number of carbonyl (C=O) groups excluding carboxylic acids is 1. The third kappa shape index (κ3) is 22.4. The minimum Gasteiger partial charge on any atom is -0.463 e. The summed E-state index contributed by atoms with van der Waals surface area (Å²) >= 11 is 0. The van der Waals surface area contributed by atoms with Crippen molar-refractivity contribution in [2.75, 3.05) is 13.2 Å². The maximum absolute atomic E-state index is 11.2. The smallest absolute Gasteiger partial charge is 0.305 e. The molecule has 0 saturated heterocycles. The van der Waals surface area contributed by atoms with Crippen LogP contribution < -0.4 is 0 Å². The summed E-state index contributed by atoms with van der Waals surface area (Å²) in [6.07, 6.45) is 20.4. The van der Waals surface area contributed by atoms with E-state index in [1.54, 1.807) is 0 Å². The van der Waals surface area contributed by atoms with Crippen molar-refractivity contribution in [2.24, 2.45) is 0 Å². The van der Waals surface area contributed by atoms with Crippen LogP contribution in [0.15, 0.2) is 0 Å². The zero-order valence-corrected chi connectivity index (χ0v) is 18.5. The van der Waals surface area contributed by atoms with Gasteiger partial charge < -0.3 is 9.84 Å². The van der Waals surface area contributed by atoms with E-state index in [1.807, 2.05) is 0 Å². The molecule has 0 aliphatic carbocycles. The van der Waals surface area contributed by atoms with E-state index in [0.29, 0.717) is 6.42 Å². The topological polar surface area (TPSA) is 46.5 Å². The molecule has 0 aromatic carbocycles. The second-order valence-corrected chi connectivity index (χ2v) is 6.64. The van der Waals surface area contributed by atoms with E-state index in [9.17, 15) is 4.79 Å². The van der Waals surface area contributed by atoms with Gasteiger partial charge in [-0.15, -0.1) is 0 Å². The quantitative estimate of drug-likeness (QED) is 0.204. The van der Waals surface area contributed by atoms with Gasteiger partial charge in [0, 0.05) is 36.0 Å². The van der Waals surface area contributed by atoms with Crippen LogP contribution in [-0.4, -0.2) is 53.8 Å². The van der Waals surface area contributed by atoms with Crippen LogP contribution >= 0.6 is 0 Å². The molecule has 4 heteroatoms. The number of rotatable bonds is 18. The molecule has 0 aromatic heterocycles. The summed E-state index contributed by atoms with van der Waals surface area (Å²) in [5.41, 5.74) is 0. The molecule has 0 saturated carbocycles. The van der Waals surface area contributed by atoms with Gasteiger partial charge in [-0.05, 0) is 6.42 Å². The van der Waals surface area contributed by atoms with Crippen LogP contribution in [0.2, 0.25) is 0 Å². The average molecular weight is 352 g/mol. The third-order valence-corrected chi connectivity index (χ3v) is 4.34. The first-order valence-electron chi connectivity index (χ1n) is 10.1. The van der Waals surface area contributed by atoms with Crippen molar-refractivity contribution in [3.05, 3.63) is 0 Å². The zero-order valence-electron chi connectivity index (χ0n) is 16.5. The number of carbonyl (C=O) groups is 1. The predicted molar refractivity (Wildman–Crippen MR) is 103 cm³/mol. The number of hydrogen-bond acceptors (Lipinski definition) is 3. The molecule has 0 fully saturated rings. The molecule has 1 radical (unpaired) electrons. The fourth-order valence-corrected chi connectivity index (χ4v) is 2.87. The van der Waals surface area contributed by atoms with E-state index in [0.717, 1.165) is 12.8 Å². The van der Waals surface area contributed by atoms with Crippen molar-refractivity contribution in [2.45, 2.75) is 110 Å². The van der Waals surface area contributed by atoms with Crippen molar-refractivity contribution in [3.8, 4) is 0 Å². The average Bonchev–Trinajstić information content (AvgIpc) is 2.56. The normalized spacial score (nSPS) is 10.4. The Morgan fingerprint density at radius 2 is 1.08 bits per heavy atom. The maximum Gasteiger partial charge on any atom is 0.305 e. The molecule has 139 valence electrons. The Kier molecular flexibility index (Phi) is 26.0. The molecule has 0 amide bonds. The summed E-state index contributed by atoms with van der Waals surface area (Å²) in [4.78, 5) is 11.2. The molecular weight excluding hydrogens is 311 g/mol. The van der Waals surface area contributed by atoms with Gasteiger partial charge in [0.25, 0.3) is 0 Å². The molecule has 0 bridgehead atoms. The van der Waals surface area contributed by atoms with E-state index in [1.165, 1.54) is 83.5 Å². The second kappa shape index (κ2) is 23.4.